The number of ether oxygens (including phenoxy) is 1. The van der Waals surface area contributed by atoms with Crippen molar-refractivity contribution in [3.05, 3.63) is 53.5 Å². The maximum Gasteiger partial charge on any atom is 0.162 e. The Bertz CT molecular complexity index is 603. The number of halogens is 2. The van der Waals surface area contributed by atoms with E-state index in [1.54, 1.807) is 12.3 Å². The molecule has 2 rings (SSSR count). The zero-order chi connectivity index (χ0) is 15.5. The predicted molar refractivity (Wildman–Crippen MR) is 76.0 cm³/mol. The van der Waals surface area contributed by atoms with Crippen LogP contribution in [0.1, 0.15) is 32.1 Å². The van der Waals surface area contributed by atoms with Gasteiger partial charge in [0, 0.05) is 17.2 Å². The number of furan rings is 1. The van der Waals surface area contributed by atoms with Crippen LogP contribution in [-0.2, 0) is 13.2 Å². The molecule has 0 aliphatic rings. The Kier molecular flexibility index (Phi) is 4.63. The van der Waals surface area contributed by atoms with Crippen LogP contribution in [0.25, 0.3) is 0 Å². The number of rotatable bonds is 5. The topological polar surface area (TPSA) is 34.4 Å². The monoisotopic (exact) mass is 295 g/mol. The molecule has 1 aromatic heterocycles. The van der Waals surface area contributed by atoms with Crippen molar-refractivity contribution < 1.29 is 17.9 Å². The van der Waals surface area contributed by atoms with Crippen molar-refractivity contribution in [3.63, 3.8) is 0 Å². The third-order valence-corrected chi connectivity index (χ3v) is 2.90. The van der Waals surface area contributed by atoms with E-state index < -0.39 is 11.6 Å². The van der Waals surface area contributed by atoms with E-state index in [2.05, 4.69) is 26.1 Å². The minimum Gasteiger partial charge on any atom is -0.489 e. The molecule has 1 aromatic carbocycles. The fourth-order valence-electron chi connectivity index (χ4n) is 1.72. The van der Waals surface area contributed by atoms with Crippen molar-refractivity contribution in [1.82, 2.24) is 5.32 Å². The van der Waals surface area contributed by atoms with Gasteiger partial charge in [-0.25, -0.2) is 8.78 Å². The molecule has 0 amide bonds. The normalized spacial score (nSPS) is 11.7. The van der Waals surface area contributed by atoms with Crippen LogP contribution >= 0.6 is 0 Å². The summed E-state index contributed by atoms with van der Waals surface area (Å²) in [5.74, 6) is -0.757. The second-order valence-corrected chi connectivity index (χ2v) is 5.84. The minimum atomic E-state index is -0.922. The molecule has 2 aromatic rings. The summed E-state index contributed by atoms with van der Waals surface area (Å²) in [7, 11) is 0. The van der Waals surface area contributed by atoms with Crippen LogP contribution in [0.15, 0.2) is 34.9 Å². The first kappa shape index (κ1) is 15.5. The Balaban J connectivity index is 1.97. The van der Waals surface area contributed by atoms with Gasteiger partial charge >= 0.3 is 0 Å². The van der Waals surface area contributed by atoms with Crippen LogP contribution < -0.4 is 10.1 Å². The standard InChI is InChI=1S/C16H19F2NO2/c1-16(2,3)19-9-15-11(6-7-20-15)10-21-12-4-5-13(17)14(18)8-12/h4-8,19H,9-10H2,1-3H3. The highest BCUT2D eigenvalue weighted by atomic mass is 19.2. The van der Waals surface area contributed by atoms with Crippen LogP contribution in [0.4, 0.5) is 8.78 Å². The Morgan fingerprint density at radius 3 is 2.57 bits per heavy atom. The summed E-state index contributed by atoms with van der Waals surface area (Å²) in [6, 6.07) is 5.27. The number of hydrogen-bond donors (Lipinski definition) is 1. The molecule has 3 nitrogen and oxygen atoms in total. The Morgan fingerprint density at radius 1 is 1.14 bits per heavy atom. The molecular formula is C16H19F2NO2. The molecule has 21 heavy (non-hydrogen) atoms. The zero-order valence-electron chi connectivity index (χ0n) is 12.4. The van der Waals surface area contributed by atoms with Gasteiger partial charge in [0.2, 0.25) is 0 Å². The third-order valence-electron chi connectivity index (χ3n) is 2.90. The molecule has 1 heterocycles. The summed E-state index contributed by atoms with van der Waals surface area (Å²) >= 11 is 0. The summed E-state index contributed by atoms with van der Waals surface area (Å²) in [5, 5.41) is 3.32. The first-order chi connectivity index (χ1) is 9.85. The summed E-state index contributed by atoms with van der Waals surface area (Å²) < 4.78 is 36.8. The Labute approximate surface area is 122 Å². The number of nitrogens with one attached hydrogen (secondary N) is 1. The summed E-state index contributed by atoms with van der Waals surface area (Å²) in [6.07, 6.45) is 1.59. The highest BCUT2D eigenvalue weighted by molar-refractivity contribution is 5.25. The average molecular weight is 295 g/mol. The van der Waals surface area contributed by atoms with Crippen LogP contribution in [-0.4, -0.2) is 5.54 Å². The molecule has 0 aliphatic heterocycles. The molecule has 0 unspecified atom stereocenters. The molecule has 0 fully saturated rings. The number of benzene rings is 1. The second kappa shape index (κ2) is 6.26. The predicted octanol–water partition coefficient (Wildman–Crippen LogP) is 4.02. The summed E-state index contributed by atoms with van der Waals surface area (Å²) in [5.41, 5.74) is 0.849. The average Bonchev–Trinajstić information content (AvgIpc) is 2.84. The molecule has 1 N–H and O–H groups in total. The van der Waals surface area contributed by atoms with Gasteiger partial charge in [-0.15, -0.1) is 0 Å². The van der Waals surface area contributed by atoms with Crippen LogP contribution in [0.2, 0.25) is 0 Å². The van der Waals surface area contributed by atoms with E-state index in [0.29, 0.717) is 6.54 Å². The third kappa shape index (κ3) is 4.56. The van der Waals surface area contributed by atoms with E-state index >= 15 is 0 Å². The van der Waals surface area contributed by atoms with Crippen molar-refractivity contribution in [1.29, 1.82) is 0 Å². The lowest BCUT2D eigenvalue weighted by atomic mass is 10.1. The van der Waals surface area contributed by atoms with Gasteiger partial charge < -0.3 is 14.5 Å². The fraction of sp³-hybridized carbons (Fsp3) is 0.375. The van der Waals surface area contributed by atoms with Crippen LogP contribution in [0.5, 0.6) is 5.75 Å². The molecule has 0 saturated carbocycles. The first-order valence-corrected chi connectivity index (χ1v) is 6.73. The molecule has 0 radical (unpaired) electrons. The van der Waals surface area contributed by atoms with Crippen molar-refractivity contribution in [2.24, 2.45) is 0 Å². The quantitative estimate of drug-likeness (QED) is 0.904. The second-order valence-electron chi connectivity index (χ2n) is 5.84. The van der Waals surface area contributed by atoms with Gasteiger partial charge in [0.1, 0.15) is 18.1 Å². The minimum absolute atomic E-state index is 0.0228. The summed E-state index contributed by atoms with van der Waals surface area (Å²) in [6.45, 7) is 7.00. The fourth-order valence-corrected chi connectivity index (χ4v) is 1.72. The van der Waals surface area contributed by atoms with Gasteiger partial charge in [-0.05, 0) is 39.0 Å². The zero-order valence-corrected chi connectivity index (χ0v) is 12.4. The largest absolute Gasteiger partial charge is 0.489 e. The SMILES string of the molecule is CC(C)(C)NCc1occc1COc1ccc(F)c(F)c1. The molecular weight excluding hydrogens is 276 g/mol. The van der Waals surface area contributed by atoms with E-state index in [1.165, 1.54) is 6.07 Å². The highest BCUT2D eigenvalue weighted by Gasteiger charge is 2.13. The smallest absolute Gasteiger partial charge is 0.162 e. The number of hydrogen-bond acceptors (Lipinski definition) is 3. The van der Waals surface area contributed by atoms with E-state index in [4.69, 9.17) is 9.15 Å². The maximum atomic E-state index is 13.1. The van der Waals surface area contributed by atoms with Crippen molar-refractivity contribution in [3.8, 4) is 5.75 Å². The molecule has 0 aliphatic carbocycles. The lowest BCUT2D eigenvalue weighted by Crippen LogP contribution is -2.35. The summed E-state index contributed by atoms with van der Waals surface area (Å²) in [4.78, 5) is 0. The van der Waals surface area contributed by atoms with Gasteiger partial charge in [-0.2, -0.15) is 0 Å². The van der Waals surface area contributed by atoms with Crippen molar-refractivity contribution in [2.75, 3.05) is 0 Å². The van der Waals surface area contributed by atoms with E-state index in [1.807, 2.05) is 0 Å². The highest BCUT2D eigenvalue weighted by Crippen LogP contribution is 2.19. The molecule has 0 spiro atoms. The van der Waals surface area contributed by atoms with Crippen molar-refractivity contribution >= 4 is 0 Å². The van der Waals surface area contributed by atoms with Gasteiger partial charge in [0.25, 0.3) is 0 Å². The first-order valence-electron chi connectivity index (χ1n) is 6.73. The van der Waals surface area contributed by atoms with E-state index in [0.717, 1.165) is 23.5 Å². The van der Waals surface area contributed by atoms with E-state index in [-0.39, 0.29) is 17.9 Å². The Hall–Kier alpha value is -1.88. The lowest BCUT2D eigenvalue weighted by Gasteiger charge is -2.20. The van der Waals surface area contributed by atoms with Crippen LogP contribution in [0, 0.1) is 11.6 Å². The van der Waals surface area contributed by atoms with E-state index in [9.17, 15) is 8.78 Å². The molecule has 5 heteroatoms. The van der Waals surface area contributed by atoms with Gasteiger partial charge in [-0.3, -0.25) is 0 Å². The van der Waals surface area contributed by atoms with Crippen molar-refractivity contribution in [2.45, 2.75) is 39.5 Å². The molecule has 0 bridgehead atoms. The van der Waals surface area contributed by atoms with Crippen LogP contribution in [0.3, 0.4) is 0 Å². The van der Waals surface area contributed by atoms with Gasteiger partial charge in [0.05, 0.1) is 12.8 Å². The molecule has 0 saturated heterocycles. The molecule has 0 atom stereocenters. The molecule has 114 valence electrons. The lowest BCUT2D eigenvalue weighted by molar-refractivity contribution is 0.296. The maximum absolute atomic E-state index is 13.1. The van der Waals surface area contributed by atoms with Gasteiger partial charge in [-0.1, -0.05) is 0 Å². The Morgan fingerprint density at radius 2 is 1.90 bits per heavy atom. The van der Waals surface area contributed by atoms with Gasteiger partial charge in [0.15, 0.2) is 11.6 Å².